The summed E-state index contributed by atoms with van der Waals surface area (Å²) in [5, 5.41) is 0.616. The molecule has 2 aromatic rings. The van der Waals surface area contributed by atoms with Gasteiger partial charge in [-0.2, -0.15) is 0 Å². The molecule has 0 saturated heterocycles. The third kappa shape index (κ3) is 5.76. The third-order valence-corrected chi connectivity index (χ3v) is 4.78. The van der Waals surface area contributed by atoms with Gasteiger partial charge in [-0.3, -0.25) is 9.59 Å². The van der Waals surface area contributed by atoms with E-state index in [1.54, 1.807) is 31.2 Å². The Bertz CT molecular complexity index is 828. The Labute approximate surface area is 171 Å². The smallest absolute Gasteiger partial charge is 0.318 e. The van der Waals surface area contributed by atoms with E-state index in [1.165, 1.54) is 0 Å². The number of ether oxygens (including phenoxy) is 1. The Morgan fingerprint density at radius 3 is 2.56 bits per heavy atom. The molecule has 1 aromatic carbocycles. The number of aromatic nitrogens is 1. The van der Waals surface area contributed by atoms with E-state index in [9.17, 15) is 9.59 Å². The van der Waals surface area contributed by atoms with Crippen LogP contribution in [0.4, 0.5) is 5.69 Å². The highest BCUT2D eigenvalue weighted by Gasteiger charge is 2.31. The fourth-order valence-electron chi connectivity index (χ4n) is 2.32. The number of rotatable bonds is 8. The van der Waals surface area contributed by atoms with Gasteiger partial charge in [-0.25, -0.2) is 10.4 Å². The number of hydrogen-bond acceptors (Lipinski definition) is 6. The molecule has 1 atom stereocenters. The maximum Gasteiger partial charge on any atom is 0.318 e. The van der Waals surface area contributed by atoms with E-state index in [1.807, 2.05) is 19.9 Å². The van der Waals surface area contributed by atoms with Crippen molar-refractivity contribution in [2.75, 3.05) is 18.6 Å². The first-order valence-corrected chi connectivity index (χ1v) is 9.59. The van der Waals surface area contributed by atoms with E-state index in [0.29, 0.717) is 9.50 Å². The van der Waals surface area contributed by atoms with Crippen molar-refractivity contribution < 1.29 is 14.3 Å². The minimum absolute atomic E-state index is 0.0430. The number of esters is 1. The Hall–Kier alpha value is -1.96. The number of ketones is 1. The van der Waals surface area contributed by atoms with E-state index in [2.05, 4.69) is 31.8 Å². The molecule has 0 bridgehead atoms. The molecule has 144 valence electrons. The van der Waals surface area contributed by atoms with Gasteiger partial charge < -0.3 is 10.2 Å². The lowest BCUT2D eigenvalue weighted by Crippen LogP contribution is -2.38. The number of nitrogens with zero attached hydrogens (tertiary/aromatic N) is 1. The van der Waals surface area contributed by atoms with Crippen LogP contribution < -0.4 is 10.9 Å². The number of Topliss-reactive ketones (excluding diaryl/α,β-unsaturated/α-hetero) is 1. The van der Waals surface area contributed by atoms with Crippen molar-refractivity contribution in [1.82, 2.24) is 10.4 Å². The lowest BCUT2D eigenvalue weighted by molar-refractivity contribution is -0.146. The number of carbonyl (C=O) groups excluding carboxylic acids is 2. The monoisotopic (exact) mass is 453 g/mol. The van der Waals surface area contributed by atoms with Gasteiger partial charge in [-0.1, -0.05) is 11.6 Å². The predicted octanol–water partition coefficient (Wildman–Crippen LogP) is 4.09. The molecule has 1 aromatic heterocycles. The molecule has 1 heterocycles. The number of anilines is 1. The van der Waals surface area contributed by atoms with E-state index < -0.39 is 17.7 Å². The number of nitrogens with one attached hydrogen (secondary N) is 2. The van der Waals surface area contributed by atoms with Crippen LogP contribution in [0.15, 0.2) is 34.8 Å². The van der Waals surface area contributed by atoms with Crippen LogP contribution in [0, 0.1) is 19.8 Å². The maximum absolute atomic E-state index is 13.0. The summed E-state index contributed by atoms with van der Waals surface area (Å²) < 4.78 is 5.62. The first kappa shape index (κ1) is 21.3. The Morgan fingerprint density at radius 2 is 1.93 bits per heavy atom. The minimum Gasteiger partial charge on any atom is -0.465 e. The highest BCUT2D eigenvalue weighted by atomic mass is 79.9. The molecule has 0 fully saturated rings. The number of benzene rings is 1. The summed E-state index contributed by atoms with van der Waals surface area (Å²) in [5.41, 5.74) is 8.49. The molecule has 27 heavy (non-hydrogen) atoms. The van der Waals surface area contributed by atoms with Crippen LogP contribution >= 0.6 is 27.5 Å². The summed E-state index contributed by atoms with van der Waals surface area (Å²) in [5.74, 6) is -2.04. The van der Waals surface area contributed by atoms with Gasteiger partial charge in [-0.05, 0) is 72.6 Å². The molecule has 0 spiro atoms. The molecule has 0 amide bonds. The number of hydrazine groups is 1. The molecule has 1 unspecified atom stereocenters. The van der Waals surface area contributed by atoms with Gasteiger partial charge >= 0.3 is 5.97 Å². The first-order valence-electron chi connectivity index (χ1n) is 8.42. The fraction of sp³-hybridized carbons (Fsp3) is 0.316. The topological polar surface area (TPSA) is 80.3 Å². The van der Waals surface area contributed by atoms with E-state index in [4.69, 9.17) is 16.3 Å². The summed E-state index contributed by atoms with van der Waals surface area (Å²) in [4.78, 5) is 29.6. The Kier molecular flexibility index (Phi) is 7.77. The van der Waals surface area contributed by atoms with Crippen LogP contribution in [-0.2, 0) is 9.53 Å². The number of halogens is 2. The average Bonchev–Trinajstić information content (AvgIpc) is 2.63. The SMILES string of the molecule is CCOC(=O)C(CNNc1ccc(Cl)cc1)C(=O)c1nc(C)c(C)cc1Br. The van der Waals surface area contributed by atoms with Crippen LogP contribution in [0.5, 0.6) is 0 Å². The van der Waals surface area contributed by atoms with Crippen LogP contribution in [0.25, 0.3) is 0 Å². The lowest BCUT2D eigenvalue weighted by Gasteiger charge is -2.17. The highest BCUT2D eigenvalue weighted by Crippen LogP contribution is 2.22. The van der Waals surface area contributed by atoms with Gasteiger partial charge in [-0.15, -0.1) is 0 Å². The lowest BCUT2D eigenvalue weighted by atomic mass is 10.0. The van der Waals surface area contributed by atoms with Gasteiger partial charge in [0, 0.05) is 27.4 Å². The second-order valence-corrected chi connectivity index (χ2v) is 7.19. The average molecular weight is 455 g/mol. The van der Waals surface area contributed by atoms with Crippen molar-refractivity contribution in [3.05, 3.63) is 56.8 Å². The van der Waals surface area contributed by atoms with Crippen LogP contribution in [0.1, 0.15) is 28.7 Å². The van der Waals surface area contributed by atoms with Crippen molar-refractivity contribution in [3.8, 4) is 0 Å². The van der Waals surface area contributed by atoms with Gasteiger partial charge in [0.05, 0.1) is 6.61 Å². The van der Waals surface area contributed by atoms with E-state index >= 15 is 0 Å². The number of carbonyl (C=O) groups is 2. The highest BCUT2D eigenvalue weighted by molar-refractivity contribution is 9.10. The Balaban J connectivity index is 2.16. The van der Waals surface area contributed by atoms with Crippen molar-refractivity contribution in [2.24, 2.45) is 5.92 Å². The molecule has 2 N–H and O–H groups in total. The van der Waals surface area contributed by atoms with E-state index in [-0.39, 0.29) is 18.8 Å². The molecule has 2 rings (SSSR count). The van der Waals surface area contributed by atoms with E-state index in [0.717, 1.165) is 16.9 Å². The number of aryl methyl sites for hydroxylation is 2. The molecule has 0 aliphatic carbocycles. The largest absolute Gasteiger partial charge is 0.465 e. The molecule has 8 heteroatoms. The van der Waals surface area contributed by atoms with Gasteiger partial charge in [0.1, 0.15) is 11.6 Å². The van der Waals surface area contributed by atoms with Crippen molar-refractivity contribution >= 4 is 45.0 Å². The second-order valence-electron chi connectivity index (χ2n) is 5.90. The third-order valence-electron chi connectivity index (χ3n) is 3.92. The molecule has 0 saturated carbocycles. The summed E-state index contributed by atoms with van der Waals surface area (Å²) in [7, 11) is 0. The summed E-state index contributed by atoms with van der Waals surface area (Å²) in [6.45, 7) is 5.65. The Morgan fingerprint density at radius 1 is 1.26 bits per heavy atom. The van der Waals surface area contributed by atoms with Crippen LogP contribution in [-0.4, -0.2) is 29.9 Å². The standard InChI is InChI=1S/C19H21BrClN3O3/c1-4-27-19(26)15(10-22-24-14-7-5-13(21)6-8-14)18(25)17-16(20)9-11(2)12(3)23-17/h5-9,15,22,24H,4,10H2,1-3H3. The quantitative estimate of drug-likeness (QED) is 0.271. The molecule has 6 nitrogen and oxygen atoms in total. The molecule has 0 aliphatic heterocycles. The molecule has 0 aliphatic rings. The number of pyridine rings is 1. The summed E-state index contributed by atoms with van der Waals surface area (Å²) >= 11 is 9.22. The normalized spacial score (nSPS) is 11.7. The van der Waals surface area contributed by atoms with Gasteiger partial charge in [0.2, 0.25) is 0 Å². The maximum atomic E-state index is 13.0. The molecule has 0 radical (unpaired) electrons. The zero-order chi connectivity index (χ0) is 20.0. The second kappa shape index (κ2) is 9.82. The number of hydrogen-bond donors (Lipinski definition) is 2. The predicted molar refractivity (Wildman–Crippen MR) is 109 cm³/mol. The van der Waals surface area contributed by atoms with Gasteiger partial charge in [0.25, 0.3) is 0 Å². The van der Waals surface area contributed by atoms with Crippen LogP contribution in [0.3, 0.4) is 0 Å². The minimum atomic E-state index is -1.03. The van der Waals surface area contributed by atoms with Crippen molar-refractivity contribution in [3.63, 3.8) is 0 Å². The summed E-state index contributed by atoms with van der Waals surface area (Å²) in [6.07, 6.45) is 0. The summed E-state index contributed by atoms with van der Waals surface area (Å²) in [6, 6.07) is 8.83. The fourth-order valence-corrected chi connectivity index (χ4v) is 3.08. The molecular formula is C19H21BrClN3O3. The van der Waals surface area contributed by atoms with Gasteiger partial charge in [0.15, 0.2) is 5.78 Å². The van der Waals surface area contributed by atoms with Crippen LogP contribution in [0.2, 0.25) is 5.02 Å². The van der Waals surface area contributed by atoms with Crippen molar-refractivity contribution in [2.45, 2.75) is 20.8 Å². The zero-order valence-corrected chi connectivity index (χ0v) is 17.6. The van der Waals surface area contributed by atoms with Crippen molar-refractivity contribution in [1.29, 1.82) is 0 Å². The molecular weight excluding hydrogens is 434 g/mol. The first-order chi connectivity index (χ1) is 12.8. The zero-order valence-electron chi connectivity index (χ0n) is 15.3.